The van der Waals surface area contributed by atoms with Gasteiger partial charge in [-0.1, -0.05) is 70.4 Å². The minimum absolute atomic E-state index is 0. The first-order chi connectivity index (χ1) is 21.9. The molecule has 2 aliphatic carbocycles. The summed E-state index contributed by atoms with van der Waals surface area (Å²) in [5.41, 5.74) is 7.63. The molecule has 10 nitrogen and oxygen atoms in total. The fraction of sp³-hybridized carbons (Fsp3) is 0.267. The summed E-state index contributed by atoms with van der Waals surface area (Å²) in [6.07, 6.45) is 10.0. The third kappa shape index (κ3) is 9.03. The van der Waals surface area contributed by atoms with E-state index in [0.29, 0.717) is 32.6 Å². The first kappa shape index (κ1) is 34.2. The molecule has 0 atom stereocenters. The summed E-state index contributed by atoms with van der Waals surface area (Å²) < 4.78 is 14.2. The van der Waals surface area contributed by atoms with Gasteiger partial charge in [0.2, 0.25) is 0 Å². The number of anilines is 1. The molecule has 0 unspecified atom stereocenters. The number of aromatic nitrogens is 6. The first-order valence-electron chi connectivity index (χ1n) is 14.0. The van der Waals surface area contributed by atoms with Gasteiger partial charge in [0.25, 0.3) is 11.8 Å². The van der Waals surface area contributed by atoms with Crippen LogP contribution in [-0.4, -0.2) is 54.2 Å². The minimum atomic E-state index is 0. The number of nitrogens with one attached hydrogen (secondary N) is 1. The Hall–Kier alpha value is -3.10. The molecule has 2 fully saturated rings. The van der Waals surface area contributed by atoms with Crippen molar-refractivity contribution in [2.45, 2.75) is 50.0 Å². The molecule has 0 aliphatic heterocycles. The van der Waals surface area contributed by atoms with Gasteiger partial charge in [-0.25, -0.2) is 29.9 Å². The van der Waals surface area contributed by atoms with E-state index in [4.69, 9.17) is 50.0 Å². The molecular weight excluding hydrogens is 710 g/mol. The molecule has 0 radical (unpaired) electrons. The van der Waals surface area contributed by atoms with Crippen LogP contribution in [0.15, 0.2) is 73.3 Å². The number of rotatable bonds is 6. The van der Waals surface area contributed by atoms with Crippen molar-refractivity contribution in [2.75, 3.05) is 5.32 Å². The quantitative estimate of drug-likeness (QED) is 0.173. The second-order valence-corrected chi connectivity index (χ2v) is 13.6. The molecular formula is C30H28Cl4N8O2S2. The largest absolute Gasteiger partial charge is 0.472 e. The first-order valence-corrected chi connectivity index (χ1v) is 16.8. The molecule has 6 aromatic rings. The molecule has 0 spiro atoms. The molecule has 0 bridgehead atoms. The Balaban J connectivity index is 0.000000148. The van der Waals surface area contributed by atoms with E-state index >= 15 is 0 Å². The van der Waals surface area contributed by atoms with Crippen molar-refractivity contribution in [1.82, 2.24) is 29.9 Å². The predicted octanol–water partition coefficient (Wildman–Crippen LogP) is 8.13. The van der Waals surface area contributed by atoms with E-state index in [0.717, 1.165) is 46.5 Å². The Morgan fingerprint density at radius 1 is 0.674 bits per heavy atom. The predicted molar refractivity (Wildman–Crippen MR) is 188 cm³/mol. The molecule has 240 valence electrons. The number of benzene rings is 2. The minimum Gasteiger partial charge on any atom is -0.472 e. The highest BCUT2D eigenvalue weighted by Gasteiger charge is 2.32. The van der Waals surface area contributed by atoms with E-state index < -0.39 is 0 Å². The van der Waals surface area contributed by atoms with Crippen molar-refractivity contribution in [2.24, 2.45) is 5.73 Å². The molecule has 4 heterocycles. The number of nitrogens with two attached hydrogens (primary N) is 1. The van der Waals surface area contributed by atoms with Crippen LogP contribution in [0, 0.1) is 0 Å². The van der Waals surface area contributed by atoms with Crippen molar-refractivity contribution < 1.29 is 9.47 Å². The van der Waals surface area contributed by atoms with Gasteiger partial charge in [0.05, 0.1) is 20.4 Å². The molecule has 3 N–H and O–H groups in total. The maximum atomic E-state index is 5.94. The van der Waals surface area contributed by atoms with Crippen LogP contribution in [0.4, 0.5) is 5.13 Å². The van der Waals surface area contributed by atoms with Crippen LogP contribution in [-0.2, 0) is 0 Å². The van der Waals surface area contributed by atoms with Crippen molar-refractivity contribution in [3.05, 3.63) is 88.1 Å². The number of hydrogen-bond donors (Lipinski definition) is 2. The van der Waals surface area contributed by atoms with Crippen LogP contribution < -0.4 is 20.5 Å². The average molecular weight is 739 g/mol. The summed E-state index contributed by atoms with van der Waals surface area (Å²) >= 11 is 20.6. The Labute approximate surface area is 294 Å². The van der Waals surface area contributed by atoms with Crippen LogP contribution >= 0.6 is 69.9 Å². The van der Waals surface area contributed by atoms with Crippen LogP contribution in [0.25, 0.3) is 20.4 Å². The molecule has 0 amide bonds. The highest BCUT2D eigenvalue weighted by Crippen LogP contribution is 2.33. The Kier molecular flexibility index (Phi) is 12.0. The maximum Gasteiger partial charge on any atom is 0.252 e. The molecule has 16 heteroatoms. The second-order valence-electron chi connectivity index (χ2n) is 10.2. The topological polar surface area (TPSA) is 134 Å². The molecule has 2 aliphatic rings. The fourth-order valence-corrected chi connectivity index (χ4v) is 6.80. The number of fused-ring (bicyclic) bond motifs is 2. The lowest BCUT2D eigenvalue weighted by atomic mass is 9.89. The van der Waals surface area contributed by atoms with Crippen LogP contribution in [0.1, 0.15) is 25.7 Å². The third-order valence-corrected chi connectivity index (χ3v) is 9.54. The molecule has 0 saturated heterocycles. The maximum absolute atomic E-state index is 5.94. The van der Waals surface area contributed by atoms with E-state index in [1.165, 1.54) is 22.2 Å². The van der Waals surface area contributed by atoms with Gasteiger partial charge in [0.1, 0.15) is 12.2 Å². The highest BCUT2D eigenvalue weighted by atomic mass is 35.5. The molecule has 4 aromatic heterocycles. The van der Waals surface area contributed by atoms with E-state index in [1.54, 1.807) is 29.9 Å². The third-order valence-electron chi connectivity index (χ3n) is 6.92. The number of thiazole rings is 2. The summed E-state index contributed by atoms with van der Waals surface area (Å²) in [5, 5.41) is 5.04. The van der Waals surface area contributed by atoms with E-state index in [9.17, 15) is 0 Å². The molecule has 46 heavy (non-hydrogen) atoms. The summed E-state index contributed by atoms with van der Waals surface area (Å²) in [4.78, 5) is 24.5. The highest BCUT2D eigenvalue weighted by molar-refractivity contribution is 7.22. The van der Waals surface area contributed by atoms with Gasteiger partial charge in [-0.2, -0.15) is 0 Å². The summed E-state index contributed by atoms with van der Waals surface area (Å²) in [6, 6.07) is 16.7. The van der Waals surface area contributed by atoms with Gasteiger partial charge in [-0.15, -0.1) is 23.7 Å². The smallest absolute Gasteiger partial charge is 0.252 e. The number of para-hydroxylation sites is 2. The lowest BCUT2D eigenvalue weighted by Gasteiger charge is -2.35. The summed E-state index contributed by atoms with van der Waals surface area (Å²) in [7, 11) is 0. The average Bonchev–Trinajstić information content (AvgIpc) is 3.60. The Morgan fingerprint density at radius 2 is 1.17 bits per heavy atom. The van der Waals surface area contributed by atoms with Crippen molar-refractivity contribution in [1.29, 1.82) is 0 Å². The van der Waals surface area contributed by atoms with Gasteiger partial charge in [0, 0.05) is 49.7 Å². The number of nitrogens with zero attached hydrogens (tertiary/aromatic N) is 6. The van der Waals surface area contributed by atoms with Gasteiger partial charge in [-0.05, 0) is 37.1 Å². The van der Waals surface area contributed by atoms with Crippen LogP contribution in [0.2, 0.25) is 14.8 Å². The number of ether oxygens (including phenoxy) is 2. The monoisotopic (exact) mass is 736 g/mol. The standard InChI is InChI=1S/C15H13ClN4OS.C8H10ClN3O.C7H4ClNS.ClH/c16-13-14(18-6-5-17-13)21-10-7-9(8-10)19-15-20-11-3-1-2-4-12(11)22-15;9-7-8(12-2-1-11-7)13-6-3-5(10)4-6;8-7-9-5-3-1-2-4-6(5)10-7;/h1-6,9-10H,7-8H2,(H,19,20);1-2,5-6H,3-4,10H2;1-4H;1H. The van der Waals surface area contributed by atoms with Gasteiger partial charge < -0.3 is 20.5 Å². The zero-order valence-electron chi connectivity index (χ0n) is 24.0. The second kappa shape index (κ2) is 16.1. The normalized spacial score (nSPS) is 19.7. The van der Waals surface area contributed by atoms with Gasteiger partial charge >= 0.3 is 0 Å². The molecule has 8 rings (SSSR count). The lowest BCUT2D eigenvalue weighted by Crippen LogP contribution is -2.43. The van der Waals surface area contributed by atoms with Crippen LogP contribution in [0.5, 0.6) is 11.8 Å². The van der Waals surface area contributed by atoms with Gasteiger partial charge in [0.15, 0.2) is 19.9 Å². The van der Waals surface area contributed by atoms with E-state index in [1.807, 2.05) is 42.5 Å². The fourth-order valence-electron chi connectivity index (χ4n) is 4.53. The SMILES string of the molecule is Cl.Clc1nc2ccccc2s1.Clc1nccnc1OC1CC(Nc2nc3ccccc3s2)C1.NC1CC(Oc2nccnc2Cl)C1. The van der Waals surface area contributed by atoms with Crippen molar-refractivity contribution in [3.8, 4) is 11.8 Å². The van der Waals surface area contributed by atoms with E-state index in [-0.39, 0.29) is 30.7 Å². The Bertz CT molecular complexity index is 1800. The molecule has 2 aromatic carbocycles. The molecule has 2 saturated carbocycles. The van der Waals surface area contributed by atoms with Crippen molar-refractivity contribution >= 4 is 95.4 Å². The summed E-state index contributed by atoms with van der Waals surface area (Å²) in [6.45, 7) is 0. The lowest BCUT2D eigenvalue weighted by molar-refractivity contribution is 0.0955. The zero-order chi connectivity index (χ0) is 31.2. The van der Waals surface area contributed by atoms with E-state index in [2.05, 4.69) is 41.3 Å². The zero-order valence-corrected chi connectivity index (χ0v) is 28.7. The number of hydrogen-bond acceptors (Lipinski definition) is 12. The Morgan fingerprint density at radius 3 is 1.70 bits per heavy atom. The van der Waals surface area contributed by atoms with Crippen LogP contribution in [0.3, 0.4) is 0 Å². The van der Waals surface area contributed by atoms with Crippen molar-refractivity contribution in [3.63, 3.8) is 0 Å². The number of halogens is 4. The summed E-state index contributed by atoms with van der Waals surface area (Å²) in [5.74, 6) is 0.814. The van der Waals surface area contributed by atoms with Gasteiger partial charge in [-0.3, -0.25) is 0 Å².